The van der Waals surface area contributed by atoms with E-state index in [9.17, 15) is 0 Å². The van der Waals surface area contributed by atoms with Gasteiger partial charge in [-0.15, -0.1) is 10.2 Å². The van der Waals surface area contributed by atoms with Crippen molar-refractivity contribution in [2.24, 2.45) is 10.4 Å². The maximum atomic E-state index is 4.27. The van der Waals surface area contributed by atoms with Gasteiger partial charge in [-0.2, -0.15) is 0 Å². The van der Waals surface area contributed by atoms with Gasteiger partial charge in [0.15, 0.2) is 5.96 Å². The van der Waals surface area contributed by atoms with Crippen LogP contribution in [0, 0.1) is 5.41 Å². The predicted molar refractivity (Wildman–Crippen MR) is 91.1 cm³/mol. The molecule has 1 aromatic rings. The lowest BCUT2D eigenvalue weighted by Crippen LogP contribution is -2.45. The molecule has 0 saturated carbocycles. The summed E-state index contributed by atoms with van der Waals surface area (Å²) < 4.78 is 2.07. The zero-order valence-corrected chi connectivity index (χ0v) is 14.8. The molecule has 0 saturated heterocycles. The summed E-state index contributed by atoms with van der Waals surface area (Å²) in [5.74, 6) is 1.84. The van der Waals surface area contributed by atoms with E-state index in [-0.39, 0.29) is 5.41 Å². The normalized spacial score (nSPS) is 12.8. The minimum atomic E-state index is 0.185. The molecule has 126 valence electrons. The van der Waals surface area contributed by atoms with Gasteiger partial charge >= 0.3 is 0 Å². The van der Waals surface area contributed by atoms with Crippen molar-refractivity contribution in [1.29, 1.82) is 0 Å². The molecule has 0 aliphatic carbocycles. The van der Waals surface area contributed by atoms with Crippen molar-refractivity contribution in [3.8, 4) is 0 Å². The molecule has 0 atom stereocenters. The summed E-state index contributed by atoms with van der Waals surface area (Å²) in [6.45, 7) is 10.1. The van der Waals surface area contributed by atoms with Crippen LogP contribution in [0.4, 0.5) is 0 Å². The number of aromatic nitrogens is 3. The SMILES string of the molecule is CCc1nncn1CCNC(=NC)NCC(C)(C)CN(C)C. The second kappa shape index (κ2) is 8.73. The maximum Gasteiger partial charge on any atom is 0.191 e. The third kappa shape index (κ3) is 6.43. The van der Waals surface area contributed by atoms with E-state index in [0.717, 1.165) is 44.4 Å². The van der Waals surface area contributed by atoms with E-state index in [1.807, 2.05) is 0 Å². The molecule has 0 amide bonds. The molecule has 0 aliphatic rings. The minimum absolute atomic E-state index is 0.185. The average Bonchev–Trinajstić information content (AvgIpc) is 2.88. The number of rotatable bonds is 8. The van der Waals surface area contributed by atoms with Crippen LogP contribution in [-0.2, 0) is 13.0 Å². The second-order valence-corrected chi connectivity index (χ2v) is 6.55. The molecule has 0 radical (unpaired) electrons. The van der Waals surface area contributed by atoms with Crippen LogP contribution >= 0.6 is 0 Å². The van der Waals surface area contributed by atoms with Crippen LogP contribution in [0.3, 0.4) is 0 Å². The van der Waals surface area contributed by atoms with Gasteiger partial charge in [0, 0.05) is 39.6 Å². The lowest BCUT2D eigenvalue weighted by atomic mass is 9.93. The van der Waals surface area contributed by atoms with Gasteiger partial charge in [0.2, 0.25) is 0 Å². The summed E-state index contributed by atoms with van der Waals surface area (Å²) >= 11 is 0. The van der Waals surface area contributed by atoms with Crippen LogP contribution in [0.15, 0.2) is 11.3 Å². The molecule has 7 nitrogen and oxygen atoms in total. The van der Waals surface area contributed by atoms with Gasteiger partial charge in [-0.3, -0.25) is 4.99 Å². The zero-order chi connectivity index (χ0) is 16.6. The Hall–Kier alpha value is -1.63. The first kappa shape index (κ1) is 18.4. The van der Waals surface area contributed by atoms with E-state index in [0.29, 0.717) is 0 Å². The largest absolute Gasteiger partial charge is 0.356 e. The monoisotopic (exact) mass is 309 g/mol. The highest BCUT2D eigenvalue weighted by atomic mass is 15.3. The molecular weight excluding hydrogens is 278 g/mol. The van der Waals surface area contributed by atoms with E-state index < -0.39 is 0 Å². The highest BCUT2D eigenvalue weighted by Crippen LogP contribution is 2.13. The Morgan fingerprint density at radius 1 is 1.36 bits per heavy atom. The predicted octanol–water partition coefficient (Wildman–Crippen LogP) is 0.593. The van der Waals surface area contributed by atoms with Gasteiger partial charge < -0.3 is 20.1 Å². The van der Waals surface area contributed by atoms with E-state index in [1.165, 1.54) is 0 Å². The third-order valence-corrected chi connectivity index (χ3v) is 3.36. The Labute approximate surface area is 134 Å². The number of hydrogen-bond donors (Lipinski definition) is 2. The van der Waals surface area contributed by atoms with Crippen molar-refractivity contribution in [2.75, 3.05) is 40.8 Å². The first-order valence-electron chi connectivity index (χ1n) is 7.84. The molecule has 0 spiro atoms. The zero-order valence-electron chi connectivity index (χ0n) is 14.8. The van der Waals surface area contributed by atoms with E-state index in [1.54, 1.807) is 13.4 Å². The average molecular weight is 309 g/mol. The molecule has 22 heavy (non-hydrogen) atoms. The Bertz CT molecular complexity index is 462. The lowest BCUT2D eigenvalue weighted by Gasteiger charge is -2.29. The number of aliphatic imine (C=N–C) groups is 1. The molecule has 0 aromatic carbocycles. The number of nitrogens with one attached hydrogen (secondary N) is 2. The number of guanidine groups is 1. The minimum Gasteiger partial charge on any atom is -0.356 e. The van der Waals surface area contributed by atoms with E-state index in [4.69, 9.17) is 0 Å². The highest BCUT2D eigenvalue weighted by Gasteiger charge is 2.19. The van der Waals surface area contributed by atoms with Crippen LogP contribution in [0.25, 0.3) is 0 Å². The molecule has 0 aliphatic heterocycles. The Morgan fingerprint density at radius 3 is 2.68 bits per heavy atom. The Kier molecular flexibility index (Phi) is 7.31. The van der Waals surface area contributed by atoms with Crippen molar-refractivity contribution >= 4 is 5.96 Å². The Morgan fingerprint density at radius 2 is 2.09 bits per heavy atom. The molecule has 1 aromatic heterocycles. The molecule has 0 fully saturated rings. The quantitative estimate of drug-likeness (QED) is 0.543. The van der Waals surface area contributed by atoms with Gasteiger partial charge in [0.1, 0.15) is 12.2 Å². The lowest BCUT2D eigenvalue weighted by molar-refractivity contribution is 0.241. The standard InChI is InChI=1S/C15H31N7/c1-7-13-20-19-12-22(13)9-8-17-14(16-4)18-10-15(2,3)11-21(5)6/h12H,7-11H2,1-6H3,(H2,16,17,18). The topological polar surface area (TPSA) is 70.4 Å². The molecule has 7 heteroatoms. The molecule has 0 bridgehead atoms. The Balaban J connectivity index is 2.37. The molecule has 2 N–H and O–H groups in total. The second-order valence-electron chi connectivity index (χ2n) is 6.55. The summed E-state index contributed by atoms with van der Waals surface area (Å²) in [6.07, 6.45) is 2.67. The molecule has 1 heterocycles. The summed E-state index contributed by atoms with van der Waals surface area (Å²) in [6, 6.07) is 0. The van der Waals surface area contributed by atoms with Crippen LogP contribution in [0.1, 0.15) is 26.6 Å². The summed E-state index contributed by atoms with van der Waals surface area (Å²) in [4.78, 5) is 6.48. The van der Waals surface area contributed by atoms with E-state index in [2.05, 4.69) is 70.2 Å². The van der Waals surface area contributed by atoms with Gasteiger partial charge in [0.05, 0.1) is 0 Å². The van der Waals surface area contributed by atoms with Crippen LogP contribution in [0.2, 0.25) is 0 Å². The fourth-order valence-corrected chi connectivity index (χ4v) is 2.49. The molecule has 1 rings (SSSR count). The van der Waals surface area contributed by atoms with Crippen LogP contribution < -0.4 is 10.6 Å². The van der Waals surface area contributed by atoms with Crippen molar-refractivity contribution in [1.82, 2.24) is 30.3 Å². The van der Waals surface area contributed by atoms with Crippen LogP contribution in [0.5, 0.6) is 0 Å². The third-order valence-electron chi connectivity index (χ3n) is 3.36. The summed E-state index contributed by atoms with van der Waals surface area (Å²) in [5, 5.41) is 14.8. The first-order valence-corrected chi connectivity index (χ1v) is 7.84. The van der Waals surface area contributed by atoms with Crippen molar-refractivity contribution < 1.29 is 0 Å². The van der Waals surface area contributed by atoms with Crippen molar-refractivity contribution in [3.63, 3.8) is 0 Å². The molecule has 0 unspecified atom stereocenters. The van der Waals surface area contributed by atoms with E-state index >= 15 is 0 Å². The molecular formula is C15H31N7. The number of aryl methyl sites for hydroxylation is 1. The number of hydrogen-bond acceptors (Lipinski definition) is 4. The fourth-order valence-electron chi connectivity index (χ4n) is 2.49. The van der Waals surface area contributed by atoms with Crippen molar-refractivity contribution in [3.05, 3.63) is 12.2 Å². The van der Waals surface area contributed by atoms with Crippen molar-refractivity contribution in [2.45, 2.75) is 33.7 Å². The number of nitrogens with zero attached hydrogens (tertiary/aromatic N) is 5. The van der Waals surface area contributed by atoms with Gasteiger partial charge in [-0.05, 0) is 19.5 Å². The highest BCUT2D eigenvalue weighted by molar-refractivity contribution is 5.79. The summed E-state index contributed by atoms with van der Waals surface area (Å²) in [7, 11) is 5.99. The smallest absolute Gasteiger partial charge is 0.191 e. The van der Waals surface area contributed by atoms with Gasteiger partial charge in [-0.1, -0.05) is 20.8 Å². The van der Waals surface area contributed by atoms with Crippen LogP contribution in [-0.4, -0.2) is 66.4 Å². The fraction of sp³-hybridized carbons (Fsp3) is 0.800. The maximum absolute atomic E-state index is 4.27. The van der Waals surface area contributed by atoms with Gasteiger partial charge in [-0.25, -0.2) is 0 Å². The first-order chi connectivity index (χ1) is 10.4. The van der Waals surface area contributed by atoms with Gasteiger partial charge in [0.25, 0.3) is 0 Å². The summed E-state index contributed by atoms with van der Waals surface area (Å²) in [5.41, 5.74) is 0.185.